The molecule has 0 radical (unpaired) electrons. The summed E-state index contributed by atoms with van der Waals surface area (Å²) < 4.78 is 44.2. The monoisotopic (exact) mass is 344 g/mol. The summed E-state index contributed by atoms with van der Waals surface area (Å²) in [5.74, 6) is -1.30. The molecule has 0 nitrogen and oxygen atoms in total. The first-order valence-electron chi connectivity index (χ1n) is 9.36. The molecule has 2 aromatic carbocycles. The Morgan fingerprint density at radius 1 is 0.880 bits per heavy atom. The second-order valence-electron chi connectivity index (χ2n) is 7.68. The standard InChI is InChI=1S/C22H23F3/c1-3-4-14-9-10-15-17-11-16(13-7-5-12(2)6-8-13)21(24)22(25)19(17)18(15)20(14)23/h9-13H,3-8H2,1-2H3. The Balaban J connectivity index is 1.77. The van der Waals surface area contributed by atoms with Crippen LogP contribution in [0.4, 0.5) is 13.2 Å². The average Bonchev–Trinajstić information content (AvgIpc) is 2.58. The van der Waals surface area contributed by atoms with Gasteiger partial charge in [-0.05, 0) is 59.4 Å². The van der Waals surface area contributed by atoms with Crippen LogP contribution in [-0.4, -0.2) is 0 Å². The molecule has 0 amide bonds. The fourth-order valence-corrected chi connectivity index (χ4v) is 4.46. The van der Waals surface area contributed by atoms with Crippen LogP contribution in [0.5, 0.6) is 0 Å². The van der Waals surface area contributed by atoms with E-state index < -0.39 is 11.6 Å². The van der Waals surface area contributed by atoms with Gasteiger partial charge in [-0.3, -0.25) is 0 Å². The van der Waals surface area contributed by atoms with Gasteiger partial charge in [-0.25, -0.2) is 13.2 Å². The van der Waals surface area contributed by atoms with Crippen molar-refractivity contribution in [2.45, 2.75) is 58.3 Å². The quantitative estimate of drug-likeness (QED) is 0.480. The van der Waals surface area contributed by atoms with E-state index in [1.54, 1.807) is 12.1 Å². The van der Waals surface area contributed by atoms with E-state index in [4.69, 9.17) is 0 Å². The molecule has 0 saturated heterocycles. The smallest absolute Gasteiger partial charge is 0.167 e. The molecule has 4 rings (SSSR count). The highest BCUT2D eigenvalue weighted by molar-refractivity contribution is 6.03. The van der Waals surface area contributed by atoms with Crippen molar-refractivity contribution in [1.29, 1.82) is 0 Å². The number of benzene rings is 2. The second kappa shape index (κ2) is 6.19. The van der Waals surface area contributed by atoms with E-state index in [0.29, 0.717) is 29.0 Å². The van der Waals surface area contributed by atoms with Crippen LogP contribution in [-0.2, 0) is 6.42 Å². The van der Waals surface area contributed by atoms with Gasteiger partial charge in [0.05, 0.1) is 0 Å². The Morgan fingerprint density at radius 2 is 1.56 bits per heavy atom. The third kappa shape index (κ3) is 2.51. The van der Waals surface area contributed by atoms with Gasteiger partial charge in [0.15, 0.2) is 11.6 Å². The molecule has 2 aliphatic rings. The number of hydrogen-bond donors (Lipinski definition) is 0. The summed E-state index contributed by atoms with van der Waals surface area (Å²) in [6, 6.07) is 5.41. The molecule has 2 aromatic rings. The molecule has 0 bridgehead atoms. The molecular formula is C22H23F3. The number of rotatable bonds is 3. The van der Waals surface area contributed by atoms with Gasteiger partial charge in [0.1, 0.15) is 5.82 Å². The molecule has 3 heteroatoms. The fraction of sp³-hybridized carbons (Fsp3) is 0.455. The fourth-order valence-electron chi connectivity index (χ4n) is 4.46. The molecule has 2 aliphatic carbocycles. The van der Waals surface area contributed by atoms with Gasteiger partial charge >= 0.3 is 0 Å². The van der Waals surface area contributed by atoms with Crippen molar-refractivity contribution in [2.75, 3.05) is 0 Å². The van der Waals surface area contributed by atoms with Crippen LogP contribution < -0.4 is 0 Å². The zero-order chi connectivity index (χ0) is 17.7. The second-order valence-corrected chi connectivity index (χ2v) is 7.68. The maximum absolute atomic E-state index is 14.8. The van der Waals surface area contributed by atoms with Gasteiger partial charge < -0.3 is 0 Å². The first-order valence-corrected chi connectivity index (χ1v) is 9.36. The number of fused-ring (bicyclic) bond motifs is 4. The van der Waals surface area contributed by atoms with E-state index in [0.717, 1.165) is 37.7 Å². The molecule has 0 unspecified atom stereocenters. The lowest BCUT2D eigenvalue weighted by atomic mass is 9.74. The molecular weight excluding hydrogens is 321 g/mol. The lowest BCUT2D eigenvalue weighted by Crippen LogP contribution is -2.16. The zero-order valence-electron chi connectivity index (χ0n) is 14.8. The third-order valence-electron chi connectivity index (χ3n) is 5.97. The van der Waals surface area contributed by atoms with Crippen molar-refractivity contribution in [1.82, 2.24) is 0 Å². The van der Waals surface area contributed by atoms with E-state index in [1.807, 2.05) is 13.0 Å². The van der Waals surface area contributed by atoms with Crippen LogP contribution in [0.2, 0.25) is 0 Å². The molecule has 1 saturated carbocycles. The predicted molar refractivity (Wildman–Crippen MR) is 95.1 cm³/mol. The van der Waals surface area contributed by atoms with Gasteiger partial charge in [-0.1, -0.05) is 45.2 Å². The van der Waals surface area contributed by atoms with Gasteiger partial charge in [0.25, 0.3) is 0 Å². The van der Waals surface area contributed by atoms with Crippen LogP contribution in [0, 0.1) is 23.4 Å². The summed E-state index contributed by atoms with van der Waals surface area (Å²) in [7, 11) is 0. The van der Waals surface area contributed by atoms with Gasteiger partial charge in [-0.15, -0.1) is 0 Å². The largest absolute Gasteiger partial charge is 0.206 e. The number of hydrogen-bond acceptors (Lipinski definition) is 0. The number of halogens is 3. The maximum atomic E-state index is 14.8. The number of aryl methyl sites for hydroxylation is 1. The first kappa shape index (κ1) is 16.7. The third-order valence-corrected chi connectivity index (χ3v) is 5.97. The van der Waals surface area contributed by atoms with E-state index in [2.05, 4.69) is 6.92 Å². The molecule has 25 heavy (non-hydrogen) atoms. The highest BCUT2D eigenvalue weighted by Gasteiger charge is 2.35. The van der Waals surface area contributed by atoms with Crippen molar-refractivity contribution < 1.29 is 13.2 Å². The molecule has 0 spiro atoms. The van der Waals surface area contributed by atoms with Gasteiger partial charge in [-0.2, -0.15) is 0 Å². The SMILES string of the molecule is CCCc1ccc2c(c1F)-c1c-2cc(C2CCC(C)CC2)c(F)c1F. The van der Waals surface area contributed by atoms with Gasteiger partial charge in [0.2, 0.25) is 0 Å². The average molecular weight is 344 g/mol. The van der Waals surface area contributed by atoms with Crippen molar-refractivity contribution >= 4 is 0 Å². The molecule has 0 N–H and O–H groups in total. The maximum Gasteiger partial charge on any atom is 0.167 e. The summed E-state index contributed by atoms with van der Waals surface area (Å²) in [4.78, 5) is 0. The Hall–Kier alpha value is -1.77. The minimum atomic E-state index is -0.869. The van der Waals surface area contributed by atoms with Crippen molar-refractivity contribution in [3.05, 3.63) is 46.8 Å². The van der Waals surface area contributed by atoms with Crippen LogP contribution >= 0.6 is 0 Å². The van der Waals surface area contributed by atoms with Gasteiger partial charge in [0, 0.05) is 11.1 Å². The lowest BCUT2D eigenvalue weighted by molar-refractivity contribution is 0.339. The summed E-state index contributed by atoms with van der Waals surface area (Å²) in [6.07, 6.45) is 5.32. The molecule has 0 aliphatic heterocycles. The van der Waals surface area contributed by atoms with Crippen LogP contribution in [0.3, 0.4) is 0 Å². The van der Waals surface area contributed by atoms with E-state index >= 15 is 0 Å². The van der Waals surface area contributed by atoms with Crippen molar-refractivity contribution in [3.63, 3.8) is 0 Å². The molecule has 0 aromatic heterocycles. The molecule has 0 heterocycles. The molecule has 1 fully saturated rings. The predicted octanol–water partition coefficient (Wildman–Crippen LogP) is 7.00. The summed E-state index contributed by atoms with van der Waals surface area (Å²) in [6.45, 7) is 4.18. The minimum Gasteiger partial charge on any atom is -0.206 e. The van der Waals surface area contributed by atoms with E-state index in [9.17, 15) is 13.2 Å². The van der Waals surface area contributed by atoms with Crippen molar-refractivity contribution in [2.24, 2.45) is 5.92 Å². The van der Waals surface area contributed by atoms with E-state index in [1.165, 1.54) is 0 Å². The van der Waals surface area contributed by atoms with Crippen LogP contribution in [0.15, 0.2) is 18.2 Å². The normalized spacial score (nSPS) is 21.5. The van der Waals surface area contributed by atoms with Crippen LogP contribution in [0.25, 0.3) is 22.3 Å². The summed E-state index contributed by atoms with van der Waals surface area (Å²) in [5.41, 5.74) is 2.85. The highest BCUT2D eigenvalue weighted by atomic mass is 19.2. The zero-order valence-corrected chi connectivity index (χ0v) is 14.8. The molecule has 132 valence electrons. The Bertz CT molecular complexity index is 830. The van der Waals surface area contributed by atoms with E-state index in [-0.39, 0.29) is 22.9 Å². The van der Waals surface area contributed by atoms with Crippen LogP contribution in [0.1, 0.15) is 63.0 Å². The summed E-state index contributed by atoms with van der Waals surface area (Å²) >= 11 is 0. The van der Waals surface area contributed by atoms with Crippen molar-refractivity contribution in [3.8, 4) is 22.3 Å². The first-order chi connectivity index (χ1) is 12.0. The summed E-state index contributed by atoms with van der Waals surface area (Å²) in [5, 5.41) is 0. The Morgan fingerprint density at radius 3 is 2.24 bits per heavy atom. The topological polar surface area (TPSA) is 0 Å². The Labute approximate surface area is 147 Å². The highest BCUT2D eigenvalue weighted by Crippen LogP contribution is 2.53. The molecule has 0 atom stereocenters. The minimum absolute atomic E-state index is 0.0734. The Kier molecular flexibility index (Phi) is 4.13. The lowest BCUT2D eigenvalue weighted by Gasteiger charge is -2.31.